The summed E-state index contributed by atoms with van der Waals surface area (Å²) < 4.78 is 53.2. The Bertz CT molecular complexity index is 388. The molecule has 0 spiro atoms. The van der Waals surface area contributed by atoms with E-state index in [1.165, 1.54) is 12.1 Å². The van der Waals surface area contributed by atoms with Crippen molar-refractivity contribution < 1.29 is 22.3 Å². The van der Waals surface area contributed by atoms with Gasteiger partial charge in [0.05, 0.1) is 0 Å². The predicted molar refractivity (Wildman–Crippen MR) is 58.0 cm³/mol. The molecule has 0 bridgehead atoms. The first kappa shape index (κ1) is 13.1. The van der Waals surface area contributed by atoms with Crippen LogP contribution in [0.1, 0.15) is 24.4 Å². The summed E-state index contributed by atoms with van der Waals surface area (Å²) in [5, 5.41) is 3.25. The zero-order chi connectivity index (χ0) is 13.2. The number of nitrogens with one attached hydrogen (secondary N) is 1. The zero-order valence-electron chi connectivity index (χ0n) is 9.51. The number of ether oxygens (including phenoxy) is 1. The monoisotopic (exact) mass is 263 g/mol. The highest BCUT2D eigenvalue weighted by atomic mass is 19.3. The molecule has 1 heterocycles. The van der Waals surface area contributed by atoms with Crippen molar-refractivity contribution in [1.29, 1.82) is 0 Å². The first-order valence-corrected chi connectivity index (χ1v) is 5.67. The van der Waals surface area contributed by atoms with E-state index in [1.54, 1.807) is 12.1 Å². The lowest BCUT2D eigenvalue weighted by atomic mass is 10.1. The lowest BCUT2D eigenvalue weighted by molar-refractivity contribution is -0.253. The summed E-state index contributed by atoms with van der Waals surface area (Å²) in [7, 11) is 0. The third-order valence-electron chi connectivity index (χ3n) is 2.85. The highest BCUT2D eigenvalue weighted by molar-refractivity contribution is 5.29. The molecule has 0 aromatic heterocycles. The van der Waals surface area contributed by atoms with Crippen LogP contribution in [0.3, 0.4) is 0 Å². The van der Waals surface area contributed by atoms with Gasteiger partial charge in [0, 0.05) is 6.04 Å². The summed E-state index contributed by atoms with van der Waals surface area (Å²) in [5.41, 5.74) is 0.945. The summed E-state index contributed by atoms with van der Waals surface area (Å²) in [6.45, 7) is 0.923. The smallest absolute Gasteiger partial charge is 0.428 e. The van der Waals surface area contributed by atoms with E-state index in [9.17, 15) is 17.6 Å². The molecule has 0 aliphatic carbocycles. The minimum Gasteiger partial charge on any atom is -0.428 e. The van der Waals surface area contributed by atoms with Gasteiger partial charge >= 0.3 is 12.5 Å². The molecular formula is C12H13F4NO. The molecule has 1 saturated heterocycles. The van der Waals surface area contributed by atoms with Crippen molar-refractivity contribution in [3.63, 3.8) is 0 Å². The van der Waals surface area contributed by atoms with Gasteiger partial charge in [-0.25, -0.2) is 0 Å². The maximum absolute atomic E-state index is 12.6. The Morgan fingerprint density at radius 2 is 1.89 bits per heavy atom. The molecule has 1 aliphatic heterocycles. The van der Waals surface area contributed by atoms with E-state index < -0.39 is 12.5 Å². The third kappa shape index (κ3) is 2.93. The average molecular weight is 263 g/mol. The molecule has 0 unspecified atom stereocenters. The molecule has 1 fully saturated rings. The van der Waals surface area contributed by atoms with Crippen molar-refractivity contribution in [2.75, 3.05) is 6.54 Å². The van der Waals surface area contributed by atoms with Crippen molar-refractivity contribution >= 4 is 0 Å². The fourth-order valence-electron chi connectivity index (χ4n) is 1.94. The minimum atomic E-state index is -4.45. The van der Waals surface area contributed by atoms with Gasteiger partial charge in [0.25, 0.3) is 0 Å². The Labute approximate surface area is 102 Å². The van der Waals surface area contributed by atoms with Crippen LogP contribution in [0.25, 0.3) is 0 Å². The van der Waals surface area contributed by atoms with Gasteiger partial charge in [-0.15, -0.1) is 0 Å². The van der Waals surface area contributed by atoms with E-state index in [0.717, 1.165) is 24.9 Å². The normalized spacial score (nSPS) is 20.4. The Balaban J connectivity index is 2.03. The molecule has 0 saturated carbocycles. The maximum atomic E-state index is 12.6. The fraction of sp³-hybridized carbons (Fsp3) is 0.500. The number of halogens is 4. The number of hydrogen-bond acceptors (Lipinski definition) is 2. The largest absolute Gasteiger partial charge is 0.461 e. The highest BCUT2D eigenvalue weighted by Gasteiger charge is 2.43. The Morgan fingerprint density at radius 3 is 2.39 bits per heavy atom. The van der Waals surface area contributed by atoms with Crippen LogP contribution in [-0.4, -0.2) is 19.1 Å². The molecule has 2 nitrogen and oxygen atoms in total. The molecule has 100 valence electrons. The second-order valence-corrected chi connectivity index (χ2v) is 4.18. The first-order chi connectivity index (χ1) is 8.49. The minimum absolute atomic E-state index is 0.203. The summed E-state index contributed by atoms with van der Waals surface area (Å²) >= 11 is 0. The lowest BCUT2D eigenvalue weighted by Gasteiger charge is -2.17. The van der Waals surface area contributed by atoms with Crippen LogP contribution in [0.5, 0.6) is 5.75 Å². The number of hydrogen-bond donors (Lipinski definition) is 1. The van der Waals surface area contributed by atoms with Crippen molar-refractivity contribution in [2.24, 2.45) is 0 Å². The van der Waals surface area contributed by atoms with Crippen molar-refractivity contribution in [1.82, 2.24) is 5.32 Å². The number of rotatable bonds is 4. The molecule has 1 atom stereocenters. The second-order valence-electron chi connectivity index (χ2n) is 4.18. The van der Waals surface area contributed by atoms with Crippen LogP contribution in [0.2, 0.25) is 0 Å². The van der Waals surface area contributed by atoms with Gasteiger partial charge in [-0.1, -0.05) is 12.1 Å². The highest BCUT2D eigenvalue weighted by Crippen LogP contribution is 2.29. The Hall–Kier alpha value is -1.30. The summed E-state index contributed by atoms with van der Waals surface area (Å²) in [6.07, 6.45) is -6.25. The van der Waals surface area contributed by atoms with Gasteiger partial charge in [-0.3, -0.25) is 0 Å². The van der Waals surface area contributed by atoms with E-state index >= 15 is 0 Å². The first-order valence-electron chi connectivity index (χ1n) is 5.67. The molecule has 1 aliphatic rings. The van der Waals surface area contributed by atoms with Gasteiger partial charge in [0.2, 0.25) is 0 Å². The van der Waals surface area contributed by atoms with E-state index in [4.69, 9.17) is 0 Å². The van der Waals surface area contributed by atoms with Crippen LogP contribution in [0.15, 0.2) is 24.3 Å². The maximum Gasteiger partial charge on any atom is 0.461 e. The number of alkyl halides is 4. The zero-order valence-corrected chi connectivity index (χ0v) is 9.51. The molecule has 2 rings (SSSR count). The molecule has 0 radical (unpaired) electrons. The van der Waals surface area contributed by atoms with Crippen molar-refractivity contribution in [3.05, 3.63) is 29.8 Å². The number of benzene rings is 1. The second kappa shape index (κ2) is 5.14. The van der Waals surface area contributed by atoms with Crippen LogP contribution >= 0.6 is 0 Å². The third-order valence-corrected chi connectivity index (χ3v) is 2.85. The molecule has 0 amide bonds. The Kier molecular flexibility index (Phi) is 3.75. The van der Waals surface area contributed by atoms with E-state index in [-0.39, 0.29) is 11.8 Å². The van der Waals surface area contributed by atoms with Crippen LogP contribution in [0.4, 0.5) is 17.6 Å². The van der Waals surface area contributed by atoms with E-state index in [2.05, 4.69) is 10.1 Å². The van der Waals surface area contributed by atoms with Crippen molar-refractivity contribution in [3.8, 4) is 5.75 Å². The molecule has 1 N–H and O–H groups in total. The standard InChI is InChI=1S/C12H13F4NO/c13-11(14)12(15,16)18-9-5-3-8(4-6-9)10-2-1-7-17-10/h3-6,10-11,17H,1-2,7H2/t10-/m0/s1. The molecule has 18 heavy (non-hydrogen) atoms. The van der Waals surface area contributed by atoms with Crippen LogP contribution in [-0.2, 0) is 0 Å². The predicted octanol–water partition coefficient (Wildman–Crippen LogP) is 3.35. The molecule has 6 heteroatoms. The van der Waals surface area contributed by atoms with Gasteiger partial charge in [-0.2, -0.15) is 17.6 Å². The van der Waals surface area contributed by atoms with Crippen LogP contribution < -0.4 is 10.1 Å². The lowest BCUT2D eigenvalue weighted by Crippen LogP contribution is -2.33. The van der Waals surface area contributed by atoms with Gasteiger partial charge in [0.15, 0.2) is 0 Å². The average Bonchev–Trinajstić information content (AvgIpc) is 2.83. The van der Waals surface area contributed by atoms with Gasteiger partial charge in [0.1, 0.15) is 5.75 Å². The van der Waals surface area contributed by atoms with Gasteiger partial charge in [-0.05, 0) is 37.1 Å². The van der Waals surface area contributed by atoms with Gasteiger partial charge < -0.3 is 10.1 Å². The van der Waals surface area contributed by atoms with Crippen LogP contribution in [0, 0.1) is 0 Å². The SMILES string of the molecule is FC(F)C(F)(F)Oc1ccc([C@@H]2CCCN2)cc1. The van der Waals surface area contributed by atoms with E-state index in [0.29, 0.717) is 0 Å². The summed E-state index contributed by atoms with van der Waals surface area (Å²) in [4.78, 5) is 0. The molecule has 1 aromatic carbocycles. The summed E-state index contributed by atoms with van der Waals surface area (Å²) in [5.74, 6) is -0.262. The Morgan fingerprint density at radius 1 is 1.22 bits per heavy atom. The molecular weight excluding hydrogens is 250 g/mol. The quantitative estimate of drug-likeness (QED) is 0.841. The fourth-order valence-corrected chi connectivity index (χ4v) is 1.94. The molecule has 1 aromatic rings. The van der Waals surface area contributed by atoms with Crippen molar-refractivity contribution in [2.45, 2.75) is 31.4 Å². The van der Waals surface area contributed by atoms with E-state index in [1.807, 2.05) is 0 Å². The topological polar surface area (TPSA) is 21.3 Å². The summed E-state index contributed by atoms with van der Waals surface area (Å²) in [6, 6.07) is 5.99.